The zero-order valence-corrected chi connectivity index (χ0v) is 14.7. The van der Waals surface area contributed by atoms with E-state index in [9.17, 15) is 9.90 Å². The van der Waals surface area contributed by atoms with Gasteiger partial charge in [-0.05, 0) is 24.6 Å². The van der Waals surface area contributed by atoms with E-state index in [4.69, 9.17) is 9.15 Å². The third-order valence-corrected chi connectivity index (χ3v) is 4.32. The van der Waals surface area contributed by atoms with Crippen LogP contribution < -0.4 is 10.4 Å². The van der Waals surface area contributed by atoms with Gasteiger partial charge in [0.25, 0.3) is 0 Å². The number of fused-ring (bicyclic) bond motifs is 1. The molecule has 1 aromatic carbocycles. The quantitative estimate of drug-likeness (QED) is 0.648. The van der Waals surface area contributed by atoms with Crippen molar-refractivity contribution < 1.29 is 14.3 Å². The molecule has 2 rings (SSSR count). The van der Waals surface area contributed by atoms with Crippen molar-refractivity contribution >= 4 is 11.0 Å². The summed E-state index contributed by atoms with van der Waals surface area (Å²) >= 11 is 0. The van der Waals surface area contributed by atoms with Crippen LogP contribution in [0.15, 0.2) is 52.2 Å². The van der Waals surface area contributed by atoms with Gasteiger partial charge in [-0.15, -0.1) is 6.58 Å². The lowest BCUT2D eigenvalue weighted by Crippen LogP contribution is -2.22. The summed E-state index contributed by atoms with van der Waals surface area (Å²) in [6.45, 7) is 13.2. The van der Waals surface area contributed by atoms with Gasteiger partial charge in [-0.25, -0.2) is 4.79 Å². The number of aliphatic hydroxyl groups is 1. The maximum Gasteiger partial charge on any atom is 0.340 e. The van der Waals surface area contributed by atoms with Crippen molar-refractivity contribution in [3.8, 4) is 5.75 Å². The predicted molar refractivity (Wildman–Crippen MR) is 96.8 cm³/mol. The molecule has 0 spiro atoms. The molecule has 2 aromatic rings. The summed E-state index contributed by atoms with van der Waals surface area (Å²) in [5.74, 6) is 0.571. The predicted octanol–water partition coefficient (Wildman–Crippen LogP) is 3.74. The Hall–Kier alpha value is -2.33. The van der Waals surface area contributed by atoms with Crippen LogP contribution in [0.1, 0.15) is 31.9 Å². The van der Waals surface area contributed by atoms with Crippen molar-refractivity contribution in [2.45, 2.75) is 38.7 Å². The molecule has 4 nitrogen and oxygen atoms in total. The van der Waals surface area contributed by atoms with Crippen molar-refractivity contribution in [2.75, 3.05) is 7.11 Å². The first-order chi connectivity index (χ1) is 11.2. The number of hydrogen-bond acceptors (Lipinski definition) is 4. The number of rotatable bonds is 6. The van der Waals surface area contributed by atoms with Gasteiger partial charge >= 0.3 is 5.63 Å². The van der Waals surface area contributed by atoms with Crippen LogP contribution in [0.25, 0.3) is 11.0 Å². The van der Waals surface area contributed by atoms with Crippen molar-refractivity contribution in [3.05, 3.63) is 64.6 Å². The minimum absolute atomic E-state index is 0.383. The van der Waals surface area contributed by atoms with Gasteiger partial charge in [-0.3, -0.25) is 0 Å². The molecular formula is C20H24O4. The van der Waals surface area contributed by atoms with Gasteiger partial charge in [0, 0.05) is 28.9 Å². The van der Waals surface area contributed by atoms with Gasteiger partial charge in [-0.1, -0.05) is 32.1 Å². The number of benzene rings is 1. The van der Waals surface area contributed by atoms with E-state index in [1.54, 1.807) is 26.2 Å². The Bertz CT molecular complexity index is 843. The van der Waals surface area contributed by atoms with Crippen LogP contribution in [0.5, 0.6) is 5.75 Å². The average molecular weight is 328 g/mol. The van der Waals surface area contributed by atoms with E-state index < -0.39 is 11.5 Å². The molecule has 1 aromatic heterocycles. The second kappa shape index (κ2) is 6.65. The summed E-state index contributed by atoms with van der Waals surface area (Å²) in [7, 11) is 1.55. The molecule has 0 fully saturated rings. The zero-order valence-electron chi connectivity index (χ0n) is 14.7. The van der Waals surface area contributed by atoms with Gasteiger partial charge in [0.2, 0.25) is 0 Å². The largest absolute Gasteiger partial charge is 0.496 e. The average Bonchev–Trinajstić information content (AvgIpc) is 2.53. The Morgan fingerprint density at radius 1 is 1.42 bits per heavy atom. The molecule has 0 aliphatic carbocycles. The Balaban J connectivity index is 2.65. The third kappa shape index (κ3) is 3.44. The van der Waals surface area contributed by atoms with E-state index >= 15 is 0 Å². The molecule has 1 N–H and O–H groups in total. The Morgan fingerprint density at radius 2 is 2.08 bits per heavy atom. The fraction of sp³-hybridized carbons (Fsp3) is 0.350. The fourth-order valence-corrected chi connectivity index (χ4v) is 2.49. The van der Waals surface area contributed by atoms with Crippen LogP contribution in [0.3, 0.4) is 0 Å². The van der Waals surface area contributed by atoms with E-state index in [1.165, 1.54) is 0 Å². The summed E-state index contributed by atoms with van der Waals surface area (Å²) in [4.78, 5) is 12.3. The molecular weight excluding hydrogens is 304 g/mol. The summed E-state index contributed by atoms with van der Waals surface area (Å²) in [6.07, 6.45) is 1.45. The molecule has 1 heterocycles. The summed E-state index contributed by atoms with van der Waals surface area (Å²) in [6, 6.07) is 5.38. The van der Waals surface area contributed by atoms with E-state index in [1.807, 2.05) is 26.0 Å². The molecule has 0 saturated carbocycles. The first kappa shape index (κ1) is 18.0. The molecule has 4 heteroatoms. The fourth-order valence-electron chi connectivity index (χ4n) is 2.49. The lowest BCUT2D eigenvalue weighted by molar-refractivity contribution is 0.210. The molecule has 24 heavy (non-hydrogen) atoms. The highest BCUT2D eigenvalue weighted by molar-refractivity contribution is 5.80. The second-order valence-corrected chi connectivity index (χ2v) is 6.64. The van der Waals surface area contributed by atoms with E-state index in [-0.39, 0.29) is 5.63 Å². The molecule has 0 bridgehead atoms. The number of allylic oxidation sites excluding steroid dienone is 1. The van der Waals surface area contributed by atoms with Crippen LogP contribution >= 0.6 is 0 Å². The standard InChI is InChI=1S/C20H24O4/c1-7-20(4,5)15-9-13-8-14(10-16(21)12(2)3)17(23-6)11-18(13)24-19(15)22/h7-9,11,16,21H,1-2,10H2,3-6H3. The van der Waals surface area contributed by atoms with Crippen molar-refractivity contribution in [2.24, 2.45) is 0 Å². The minimum atomic E-state index is -0.656. The lowest BCUT2D eigenvalue weighted by atomic mass is 9.85. The maximum absolute atomic E-state index is 12.3. The van der Waals surface area contributed by atoms with Crippen molar-refractivity contribution in [1.82, 2.24) is 0 Å². The van der Waals surface area contributed by atoms with Crippen LogP contribution in [-0.4, -0.2) is 18.3 Å². The first-order valence-corrected chi connectivity index (χ1v) is 7.82. The van der Waals surface area contributed by atoms with E-state index in [0.717, 1.165) is 10.9 Å². The normalized spacial score (nSPS) is 12.9. The number of ether oxygens (including phenoxy) is 1. The molecule has 128 valence electrons. The van der Waals surface area contributed by atoms with Gasteiger partial charge < -0.3 is 14.3 Å². The number of aliphatic hydroxyl groups excluding tert-OH is 1. The molecule has 0 radical (unpaired) electrons. The highest BCUT2D eigenvalue weighted by atomic mass is 16.5. The molecule has 1 atom stereocenters. The first-order valence-electron chi connectivity index (χ1n) is 7.82. The van der Waals surface area contributed by atoms with Gasteiger partial charge in [0.1, 0.15) is 11.3 Å². The summed E-state index contributed by atoms with van der Waals surface area (Å²) < 4.78 is 10.8. The molecule has 0 saturated heterocycles. The van der Waals surface area contributed by atoms with E-state index in [2.05, 4.69) is 13.2 Å². The smallest absolute Gasteiger partial charge is 0.340 e. The van der Waals surface area contributed by atoms with Gasteiger partial charge in [0.05, 0.1) is 13.2 Å². The van der Waals surface area contributed by atoms with Gasteiger partial charge in [0.15, 0.2) is 0 Å². The molecule has 1 unspecified atom stereocenters. The van der Waals surface area contributed by atoms with Crippen LogP contribution in [-0.2, 0) is 11.8 Å². The highest BCUT2D eigenvalue weighted by Gasteiger charge is 2.22. The van der Waals surface area contributed by atoms with Crippen LogP contribution in [0.2, 0.25) is 0 Å². The topological polar surface area (TPSA) is 59.7 Å². The maximum atomic E-state index is 12.3. The number of hydrogen-bond donors (Lipinski definition) is 1. The minimum Gasteiger partial charge on any atom is -0.496 e. The summed E-state index contributed by atoms with van der Waals surface area (Å²) in [5, 5.41) is 10.9. The highest BCUT2D eigenvalue weighted by Crippen LogP contribution is 2.30. The molecule has 0 aliphatic rings. The van der Waals surface area contributed by atoms with Gasteiger partial charge in [-0.2, -0.15) is 0 Å². The van der Waals surface area contributed by atoms with Crippen molar-refractivity contribution in [3.63, 3.8) is 0 Å². The SMILES string of the molecule is C=CC(C)(C)c1cc2cc(CC(O)C(=C)C)c(OC)cc2oc1=O. The second-order valence-electron chi connectivity index (χ2n) is 6.64. The zero-order chi connectivity index (χ0) is 18.1. The molecule has 0 amide bonds. The molecule has 0 aliphatic heterocycles. The van der Waals surface area contributed by atoms with Crippen LogP contribution in [0, 0.1) is 0 Å². The number of methoxy groups -OCH3 is 1. The van der Waals surface area contributed by atoms with Crippen LogP contribution in [0.4, 0.5) is 0 Å². The lowest BCUT2D eigenvalue weighted by Gasteiger charge is -2.19. The Labute approximate surface area is 142 Å². The summed E-state index contributed by atoms with van der Waals surface area (Å²) in [5.41, 5.74) is 1.63. The van der Waals surface area contributed by atoms with E-state index in [0.29, 0.717) is 28.9 Å². The Morgan fingerprint density at radius 3 is 2.62 bits per heavy atom. The monoisotopic (exact) mass is 328 g/mol. The third-order valence-electron chi connectivity index (χ3n) is 4.32. The van der Waals surface area contributed by atoms with Crippen molar-refractivity contribution in [1.29, 1.82) is 0 Å². The Kier molecular flexibility index (Phi) is 4.99.